The first kappa shape index (κ1) is 24.5. The summed E-state index contributed by atoms with van der Waals surface area (Å²) in [6.07, 6.45) is 0. The Balaban J connectivity index is 0.000000154. The van der Waals surface area contributed by atoms with Crippen LogP contribution in [-0.4, -0.2) is 0 Å². The number of hydrogen-bond donors (Lipinski definition) is 0. The Morgan fingerprint density at radius 3 is 1.61 bits per heavy atom. The molecule has 4 aromatic rings. The van der Waals surface area contributed by atoms with Gasteiger partial charge in [-0.15, -0.1) is 0 Å². The van der Waals surface area contributed by atoms with E-state index in [0.29, 0.717) is 5.92 Å². The van der Waals surface area contributed by atoms with Crippen LogP contribution >= 0.6 is 0 Å². The number of hydrogen-bond acceptors (Lipinski definition) is 0. The molecule has 0 saturated heterocycles. The fourth-order valence-electron chi connectivity index (χ4n) is 4.30. The van der Waals surface area contributed by atoms with Crippen molar-refractivity contribution in [2.75, 3.05) is 0 Å². The van der Waals surface area contributed by atoms with E-state index >= 15 is 0 Å². The largest absolute Gasteiger partial charge is 0.0622 e. The first-order valence-electron chi connectivity index (χ1n) is 12.0. The first-order valence-corrected chi connectivity index (χ1v) is 12.0. The van der Waals surface area contributed by atoms with Crippen molar-refractivity contribution in [1.82, 2.24) is 0 Å². The van der Waals surface area contributed by atoms with Crippen LogP contribution < -0.4 is 0 Å². The summed E-state index contributed by atoms with van der Waals surface area (Å²) in [6.45, 7) is 15.4. The SMILES string of the molecule is Cc1ccc(C(C)C)cc1.Cc1ccc2c(c1)C(C)(C)c1ccccc1-2.Cc1ccccc1. The zero-order valence-corrected chi connectivity index (χ0v) is 21.3. The van der Waals surface area contributed by atoms with Gasteiger partial charge in [0.1, 0.15) is 0 Å². The van der Waals surface area contributed by atoms with Crippen molar-refractivity contribution >= 4 is 0 Å². The van der Waals surface area contributed by atoms with E-state index in [0.717, 1.165) is 0 Å². The fourth-order valence-corrected chi connectivity index (χ4v) is 4.30. The number of rotatable bonds is 1. The zero-order valence-electron chi connectivity index (χ0n) is 21.3. The van der Waals surface area contributed by atoms with E-state index in [4.69, 9.17) is 0 Å². The van der Waals surface area contributed by atoms with E-state index in [1.54, 1.807) is 0 Å². The van der Waals surface area contributed by atoms with E-state index in [2.05, 4.69) is 127 Å². The van der Waals surface area contributed by atoms with Gasteiger partial charge < -0.3 is 0 Å². The summed E-state index contributed by atoms with van der Waals surface area (Å²) in [6, 6.07) is 34.5. The van der Waals surface area contributed by atoms with E-state index in [1.165, 1.54) is 44.5 Å². The predicted molar refractivity (Wildman–Crippen MR) is 145 cm³/mol. The second-order valence-electron chi connectivity index (χ2n) is 9.94. The maximum Gasteiger partial charge on any atom is 0.0158 e. The molecule has 0 spiro atoms. The van der Waals surface area contributed by atoms with Gasteiger partial charge in [-0.2, -0.15) is 0 Å². The van der Waals surface area contributed by atoms with Gasteiger partial charge in [0.25, 0.3) is 0 Å². The normalized spacial score (nSPS) is 12.6. The second-order valence-corrected chi connectivity index (χ2v) is 9.94. The summed E-state index contributed by atoms with van der Waals surface area (Å²) in [5, 5.41) is 0. The average Bonchev–Trinajstić information content (AvgIpc) is 3.02. The minimum absolute atomic E-state index is 0.151. The maximum atomic E-state index is 2.33. The van der Waals surface area contributed by atoms with Crippen LogP contribution in [0.3, 0.4) is 0 Å². The summed E-state index contributed by atoms with van der Waals surface area (Å²) < 4.78 is 0. The molecule has 5 rings (SSSR count). The minimum atomic E-state index is 0.151. The van der Waals surface area contributed by atoms with Gasteiger partial charge in [-0.1, -0.05) is 141 Å². The van der Waals surface area contributed by atoms with Gasteiger partial charge in [-0.25, -0.2) is 0 Å². The Bertz CT molecular complexity index is 1160. The standard InChI is InChI=1S/C16H16.C10H14.C7H8/c1-11-8-9-13-12-6-4-5-7-14(12)16(2,3)15(13)10-11;1-8(2)10-6-4-9(3)5-7-10;1-7-5-3-2-4-6-7/h4-10H,1-3H3;4-8H,1-3H3;2-6H,1H3. The molecule has 0 heterocycles. The van der Waals surface area contributed by atoms with E-state index in [1.807, 2.05) is 18.2 Å². The Hall–Kier alpha value is -3.12. The Labute approximate surface area is 201 Å². The van der Waals surface area contributed by atoms with Crippen LogP contribution in [0.25, 0.3) is 11.1 Å². The molecule has 33 heavy (non-hydrogen) atoms. The van der Waals surface area contributed by atoms with Crippen molar-refractivity contribution in [2.24, 2.45) is 0 Å². The molecule has 0 amide bonds. The molecule has 4 aromatic carbocycles. The molecule has 0 saturated carbocycles. The lowest BCUT2D eigenvalue weighted by atomic mass is 9.82. The molecule has 0 unspecified atom stereocenters. The molecular weight excluding hydrogens is 396 g/mol. The van der Waals surface area contributed by atoms with Gasteiger partial charge in [-0.3, -0.25) is 0 Å². The molecule has 1 aliphatic carbocycles. The molecule has 170 valence electrons. The fraction of sp³-hybridized carbons (Fsp3) is 0.273. The number of aryl methyl sites for hydroxylation is 3. The van der Waals surface area contributed by atoms with Gasteiger partial charge in [-0.05, 0) is 54.5 Å². The van der Waals surface area contributed by atoms with Crippen LogP contribution in [-0.2, 0) is 5.41 Å². The molecule has 1 aliphatic rings. The van der Waals surface area contributed by atoms with E-state index in [9.17, 15) is 0 Å². The molecule has 0 atom stereocenters. The van der Waals surface area contributed by atoms with Crippen molar-refractivity contribution in [3.05, 3.63) is 130 Å². The predicted octanol–water partition coefficient (Wildman–Crippen LogP) is 9.41. The Morgan fingerprint density at radius 2 is 1.03 bits per heavy atom. The van der Waals surface area contributed by atoms with Crippen molar-refractivity contribution in [1.29, 1.82) is 0 Å². The minimum Gasteiger partial charge on any atom is -0.0622 e. The van der Waals surface area contributed by atoms with Crippen molar-refractivity contribution in [2.45, 2.75) is 59.8 Å². The molecule has 0 fully saturated rings. The number of fused-ring (bicyclic) bond motifs is 3. The Kier molecular flexibility index (Phi) is 7.92. The smallest absolute Gasteiger partial charge is 0.0158 e. The van der Waals surface area contributed by atoms with Crippen molar-refractivity contribution in [3.63, 3.8) is 0 Å². The van der Waals surface area contributed by atoms with Crippen LogP contribution in [0.5, 0.6) is 0 Å². The zero-order chi connectivity index (χ0) is 24.0. The van der Waals surface area contributed by atoms with E-state index < -0.39 is 0 Å². The monoisotopic (exact) mass is 434 g/mol. The maximum absolute atomic E-state index is 2.33. The average molecular weight is 435 g/mol. The van der Waals surface area contributed by atoms with Crippen LogP contribution in [0.2, 0.25) is 0 Å². The highest BCUT2D eigenvalue weighted by atomic mass is 14.4. The molecule has 0 heteroatoms. The molecule has 0 N–H and O–H groups in total. The van der Waals surface area contributed by atoms with Crippen molar-refractivity contribution < 1.29 is 0 Å². The van der Waals surface area contributed by atoms with E-state index in [-0.39, 0.29) is 5.41 Å². The topological polar surface area (TPSA) is 0 Å². The third kappa shape index (κ3) is 6.02. The van der Waals surface area contributed by atoms with Crippen LogP contribution in [0.15, 0.2) is 97.1 Å². The third-order valence-corrected chi connectivity index (χ3v) is 6.42. The van der Waals surface area contributed by atoms with Gasteiger partial charge in [0.05, 0.1) is 0 Å². The summed E-state index contributed by atoms with van der Waals surface area (Å²) in [4.78, 5) is 0. The third-order valence-electron chi connectivity index (χ3n) is 6.42. The molecule has 0 bridgehead atoms. The molecule has 0 radical (unpaired) electrons. The van der Waals surface area contributed by atoms with Crippen LogP contribution in [0.4, 0.5) is 0 Å². The van der Waals surface area contributed by atoms with Crippen LogP contribution in [0.1, 0.15) is 67.0 Å². The van der Waals surface area contributed by atoms with Gasteiger partial charge >= 0.3 is 0 Å². The second kappa shape index (κ2) is 10.7. The lowest BCUT2D eigenvalue weighted by molar-refractivity contribution is 0.660. The summed E-state index contributed by atoms with van der Waals surface area (Å²) in [7, 11) is 0. The quantitative estimate of drug-likeness (QED) is 0.280. The highest BCUT2D eigenvalue weighted by molar-refractivity contribution is 5.80. The van der Waals surface area contributed by atoms with Crippen LogP contribution in [0, 0.1) is 20.8 Å². The highest BCUT2D eigenvalue weighted by Gasteiger charge is 2.34. The van der Waals surface area contributed by atoms with Gasteiger partial charge in [0, 0.05) is 5.41 Å². The summed E-state index contributed by atoms with van der Waals surface area (Å²) in [5.74, 6) is 0.653. The first-order chi connectivity index (χ1) is 15.7. The van der Waals surface area contributed by atoms with Gasteiger partial charge in [0.15, 0.2) is 0 Å². The molecular formula is C33H38. The summed E-state index contributed by atoms with van der Waals surface area (Å²) >= 11 is 0. The van der Waals surface area contributed by atoms with Gasteiger partial charge in [0.2, 0.25) is 0 Å². The lowest BCUT2D eigenvalue weighted by Crippen LogP contribution is -2.14. The summed E-state index contributed by atoms with van der Waals surface area (Å²) in [5.41, 5.74) is 11.3. The molecule has 0 aromatic heterocycles. The highest BCUT2D eigenvalue weighted by Crippen LogP contribution is 2.48. The Morgan fingerprint density at radius 1 is 0.515 bits per heavy atom. The molecule has 0 nitrogen and oxygen atoms in total. The molecule has 0 aliphatic heterocycles. The lowest BCUT2D eigenvalue weighted by Gasteiger charge is -2.21. The van der Waals surface area contributed by atoms with Crippen molar-refractivity contribution in [3.8, 4) is 11.1 Å². The number of benzene rings is 4.